The van der Waals surface area contributed by atoms with Crippen LogP contribution in [-0.2, 0) is 19.2 Å². The fourth-order valence-corrected chi connectivity index (χ4v) is 3.43. The van der Waals surface area contributed by atoms with E-state index in [1.807, 2.05) is 13.8 Å². The molecule has 0 saturated heterocycles. The van der Waals surface area contributed by atoms with E-state index in [0.29, 0.717) is 32.2 Å². The summed E-state index contributed by atoms with van der Waals surface area (Å²) in [6.45, 7) is 7.98. The number of unbranched alkanes of at least 4 members (excludes halogenated alkanes) is 1. The Hall–Kier alpha value is -2.93. The molecule has 0 aromatic carbocycles. The third-order valence-electron chi connectivity index (χ3n) is 5.45. The highest BCUT2D eigenvalue weighted by Gasteiger charge is 2.32. The van der Waals surface area contributed by atoms with Crippen LogP contribution in [0, 0.1) is 11.8 Å². The number of carboxylic acid groups (broad SMARTS) is 1. The molecule has 0 aliphatic rings. The van der Waals surface area contributed by atoms with Gasteiger partial charge in [0.1, 0.15) is 18.1 Å². The third kappa shape index (κ3) is 13.8. The molecule has 0 saturated carbocycles. The lowest BCUT2D eigenvalue weighted by molar-refractivity contribution is -0.142. The lowest BCUT2D eigenvalue weighted by Crippen LogP contribution is -2.58. The summed E-state index contributed by atoms with van der Waals surface area (Å²) in [4.78, 5) is 54.0. The molecule has 0 radical (unpaired) electrons. The predicted octanol–water partition coefficient (Wildman–Crippen LogP) is -1.26. The summed E-state index contributed by atoms with van der Waals surface area (Å²) in [5.41, 5.74) is 22.0. The SMILES string of the molecule is CC(C)CC(NC(=O)C(N)CCCCN)C(=O)NC(C(=O)NC(CCCN=C(N)N)C(=O)O)C(C)C. The Kier molecular flexibility index (Phi) is 16.1. The molecule has 36 heavy (non-hydrogen) atoms. The van der Waals surface area contributed by atoms with E-state index in [-0.39, 0.29) is 30.8 Å². The van der Waals surface area contributed by atoms with E-state index in [2.05, 4.69) is 20.9 Å². The van der Waals surface area contributed by atoms with Crippen LogP contribution >= 0.6 is 0 Å². The minimum Gasteiger partial charge on any atom is -0.480 e. The van der Waals surface area contributed by atoms with Crippen molar-refractivity contribution in [3.63, 3.8) is 0 Å². The molecule has 0 rings (SSSR count). The molecule has 3 amide bonds. The zero-order chi connectivity index (χ0) is 27.8. The molecule has 0 heterocycles. The van der Waals surface area contributed by atoms with Crippen LogP contribution in [0.3, 0.4) is 0 Å². The van der Waals surface area contributed by atoms with Gasteiger partial charge < -0.3 is 44.0 Å². The van der Waals surface area contributed by atoms with Crippen LogP contribution in [0.5, 0.6) is 0 Å². The van der Waals surface area contributed by atoms with Crippen molar-refractivity contribution in [1.29, 1.82) is 0 Å². The molecule has 4 atom stereocenters. The molecule has 4 unspecified atom stereocenters. The summed E-state index contributed by atoms with van der Waals surface area (Å²) in [5.74, 6) is -3.23. The normalized spacial score (nSPS) is 14.4. The van der Waals surface area contributed by atoms with Gasteiger partial charge in [-0.25, -0.2) is 4.79 Å². The Labute approximate surface area is 213 Å². The molecule has 0 bridgehead atoms. The van der Waals surface area contributed by atoms with Gasteiger partial charge >= 0.3 is 5.97 Å². The standard InChI is InChI=1S/C23H46N8O5/c1-13(2)12-17(30-19(32)15(25)8-5-6-10-24)20(33)31-18(14(3)4)21(34)29-16(22(35)36)9-7-11-28-23(26)27/h13-18H,5-12,24-25H2,1-4H3,(H,29,34)(H,30,32)(H,31,33)(H,35,36)(H4,26,27,28). The third-order valence-corrected chi connectivity index (χ3v) is 5.45. The van der Waals surface area contributed by atoms with Gasteiger partial charge in [-0.1, -0.05) is 34.1 Å². The Balaban J connectivity index is 5.32. The number of nitrogens with one attached hydrogen (secondary N) is 3. The van der Waals surface area contributed by atoms with Crippen molar-refractivity contribution in [2.45, 2.75) is 90.4 Å². The fourth-order valence-electron chi connectivity index (χ4n) is 3.43. The van der Waals surface area contributed by atoms with E-state index in [4.69, 9.17) is 22.9 Å². The predicted molar refractivity (Wildman–Crippen MR) is 139 cm³/mol. The van der Waals surface area contributed by atoms with Gasteiger partial charge in [-0.05, 0) is 50.5 Å². The van der Waals surface area contributed by atoms with Crippen molar-refractivity contribution in [2.24, 2.45) is 39.8 Å². The molecule has 0 aliphatic heterocycles. The Morgan fingerprint density at radius 2 is 1.44 bits per heavy atom. The second-order valence-corrected chi connectivity index (χ2v) is 9.66. The van der Waals surface area contributed by atoms with Gasteiger partial charge in [-0.2, -0.15) is 0 Å². The monoisotopic (exact) mass is 514 g/mol. The number of carboxylic acids is 1. The maximum Gasteiger partial charge on any atom is 0.326 e. The molecule has 12 N–H and O–H groups in total. The summed E-state index contributed by atoms with van der Waals surface area (Å²) in [6.07, 6.45) is 2.65. The molecule has 0 fully saturated rings. The van der Waals surface area contributed by atoms with E-state index < -0.39 is 47.9 Å². The number of nitrogens with two attached hydrogens (primary N) is 4. The Bertz CT molecular complexity index is 740. The molecule has 0 aromatic rings. The molecule has 0 spiro atoms. The van der Waals surface area contributed by atoms with Gasteiger partial charge in [0.2, 0.25) is 17.7 Å². The van der Waals surface area contributed by atoms with Crippen LogP contribution in [-0.4, -0.2) is 72.0 Å². The Morgan fingerprint density at radius 1 is 0.833 bits per heavy atom. The maximum absolute atomic E-state index is 13.1. The second-order valence-electron chi connectivity index (χ2n) is 9.66. The zero-order valence-corrected chi connectivity index (χ0v) is 22.0. The average Bonchev–Trinajstić information content (AvgIpc) is 2.77. The molecule has 0 aromatic heterocycles. The second kappa shape index (κ2) is 17.5. The largest absolute Gasteiger partial charge is 0.480 e. The first-order valence-electron chi connectivity index (χ1n) is 12.4. The number of hydrogen-bond acceptors (Lipinski definition) is 7. The number of aliphatic carboxylic acids is 1. The lowest BCUT2D eigenvalue weighted by Gasteiger charge is -2.27. The lowest BCUT2D eigenvalue weighted by atomic mass is 9.99. The smallest absolute Gasteiger partial charge is 0.326 e. The first-order valence-corrected chi connectivity index (χ1v) is 12.4. The average molecular weight is 515 g/mol. The molecular formula is C23H46N8O5. The van der Waals surface area contributed by atoms with E-state index in [1.54, 1.807) is 13.8 Å². The minimum absolute atomic E-state index is 0.0717. The van der Waals surface area contributed by atoms with E-state index >= 15 is 0 Å². The molecule has 0 aliphatic carbocycles. The van der Waals surface area contributed by atoms with E-state index in [0.717, 1.165) is 6.42 Å². The van der Waals surface area contributed by atoms with Gasteiger partial charge in [0.25, 0.3) is 0 Å². The first kappa shape index (κ1) is 33.1. The number of aliphatic imine (C=N–C) groups is 1. The zero-order valence-electron chi connectivity index (χ0n) is 22.0. The van der Waals surface area contributed by atoms with E-state index in [9.17, 15) is 24.3 Å². The molecule has 13 nitrogen and oxygen atoms in total. The van der Waals surface area contributed by atoms with Gasteiger partial charge in [0, 0.05) is 6.54 Å². The topological polar surface area (TPSA) is 241 Å². The number of rotatable bonds is 18. The summed E-state index contributed by atoms with van der Waals surface area (Å²) >= 11 is 0. The molecule has 208 valence electrons. The van der Waals surface area contributed by atoms with Crippen molar-refractivity contribution in [1.82, 2.24) is 16.0 Å². The summed E-state index contributed by atoms with van der Waals surface area (Å²) in [5, 5.41) is 17.3. The maximum atomic E-state index is 13.1. The summed E-state index contributed by atoms with van der Waals surface area (Å²) in [7, 11) is 0. The number of carbonyl (C=O) groups is 4. The Morgan fingerprint density at radius 3 is 1.94 bits per heavy atom. The van der Waals surface area contributed by atoms with Crippen molar-refractivity contribution in [3.05, 3.63) is 0 Å². The number of hydrogen-bond donors (Lipinski definition) is 8. The van der Waals surface area contributed by atoms with Gasteiger partial charge in [-0.15, -0.1) is 0 Å². The van der Waals surface area contributed by atoms with Crippen molar-refractivity contribution in [2.75, 3.05) is 13.1 Å². The van der Waals surface area contributed by atoms with Crippen LogP contribution in [0.15, 0.2) is 4.99 Å². The van der Waals surface area contributed by atoms with Crippen LogP contribution in [0.2, 0.25) is 0 Å². The number of carbonyl (C=O) groups excluding carboxylic acids is 3. The highest BCUT2D eigenvalue weighted by molar-refractivity contribution is 5.94. The number of guanidine groups is 1. The van der Waals surface area contributed by atoms with Crippen molar-refractivity contribution in [3.8, 4) is 0 Å². The van der Waals surface area contributed by atoms with Gasteiger partial charge in [-0.3, -0.25) is 19.4 Å². The van der Waals surface area contributed by atoms with Gasteiger partial charge in [0.05, 0.1) is 6.04 Å². The first-order chi connectivity index (χ1) is 16.8. The highest BCUT2D eigenvalue weighted by atomic mass is 16.4. The molecule has 13 heteroatoms. The van der Waals surface area contributed by atoms with E-state index in [1.165, 1.54) is 0 Å². The van der Waals surface area contributed by atoms with Crippen LogP contribution in [0.1, 0.15) is 66.2 Å². The summed E-state index contributed by atoms with van der Waals surface area (Å²) in [6, 6.07) is -3.87. The quantitative estimate of drug-likeness (QED) is 0.0617. The van der Waals surface area contributed by atoms with Gasteiger partial charge in [0.15, 0.2) is 5.96 Å². The highest BCUT2D eigenvalue weighted by Crippen LogP contribution is 2.10. The summed E-state index contributed by atoms with van der Waals surface area (Å²) < 4.78 is 0. The molecular weight excluding hydrogens is 468 g/mol. The number of nitrogens with zero attached hydrogens (tertiary/aromatic N) is 1. The van der Waals surface area contributed by atoms with Crippen molar-refractivity contribution < 1.29 is 24.3 Å². The van der Waals surface area contributed by atoms with Crippen LogP contribution in [0.4, 0.5) is 0 Å². The van der Waals surface area contributed by atoms with Crippen molar-refractivity contribution >= 4 is 29.7 Å². The number of amides is 3. The van der Waals surface area contributed by atoms with Crippen LogP contribution < -0.4 is 38.9 Å². The van der Waals surface area contributed by atoms with Crippen LogP contribution in [0.25, 0.3) is 0 Å². The fraction of sp³-hybridized carbons (Fsp3) is 0.783. The minimum atomic E-state index is -1.21.